The number of hydrogen-bond acceptors (Lipinski definition) is 2. The molecule has 0 aliphatic heterocycles. The van der Waals surface area contributed by atoms with Crippen molar-refractivity contribution >= 4 is 0 Å². The van der Waals surface area contributed by atoms with Crippen LogP contribution in [0.15, 0.2) is 10.9 Å². The van der Waals surface area contributed by atoms with Crippen LogP contribution in [0.1, 0.15) is 29.8 Å². The molecule has 0 fully saturated rings. The second-order valence-corrected chi connectivity index (χ2v) is 3.17. The minimum Gasteiger partial charge on any atom is -0.326 e. The van der Waals surface area contributed by atoms with Crippen molar-refractivity contribution in [2.75, 3.05) is 0 Å². The molecule has 0 radical (unpaired) electrons. The van der Waals surface area contributed by atoms with Gasteiger partial charge in [-0.05, 0) is 32.4 Å². The molecular weight excluding hydrogens is 152 g/mol. The molecule has 1 aromatic heterocycles. The van der Waals surface area contributed by atoms with E-state index in [1.807, 2.05) is 26.8 Å². The lowest BCUT2D eigenvalue weighted by atomic mass is 10.1. The Bertz CT molecular complexity index is 339. The van der Waals surface area contributed by atoms with Gasteiger partial charge in [-0.2, -0.15) is 0 Å². The second kappa shape index (κ2) is 3.11. The fourth-order valence-electron chi connectivity index (χ4n) is 1.43. The summed E-state index contributed by atoms with van der Waals surface area (Å²) < 4.78 is 0. The minimum absolute atomic E-state index is 0.0671. The summed E-state index contributed by atoms with van der Waals surface area (Å²) in [7, 11) is 0. The monoisotopic (exact) mass is 166 g/mol. The predicted octanol–water partition coefficient (Wildman–Crippen LogP) is 1.01. The predicted molar refractivity (Wildman–Crippen MR) is 49.1 cm³/mol. The molecule has 0 aliphatic carbocycles. The molecule has 1 rings (SSSR count). The molecule has 3 nitrogen and oxygen atoms in total. The van der Waals surface area contributed by atoms with E-state index in [0.717, 1.165) is 11.3 Å². The first-order chi connectivity index (χ1) is 5.52. The molecule has 66 valence electrons. The van der Waals surface area contributed by atoms with Gasteiger partial charge in [0.05, 0.1) is 0 Å². The highest BCUT2D eigenvalue weighted by atomic mass is 16.1. The van der Waals surface area contributed by atoms with Gasteiger partial charge in [0.1, 0.15) is 0 Å². The molecule has 3 N–H and O–H groups in total. The van der Waals surface area contributed by atoms with Gasteiger partial charge >= 0.3 is 0 Å². The van der Waals surface area contributed by atoms with Gasteiger partial charge in [-0.15, -0.1) is 0 Å². The number of hydrogen-bond donors (Lipinski definition) is 2. The maximum atomic E-state index is 11.4. The van der Waals surface area contributed by atoms with Crippen molar-refractivity contribution in [3.63, 3.8) is 0 Å². The third-order valence-corrected chi connectivity index (χ3v) is 1.87. The average Bonchev–Trinajstić information content (AvgIpc) is 1.82. The van der Waals surface area contributed by atoms with Gasteiger partial charge in [0.25, 0.3) is 5.56 Å². The zero-order valence-corrected chi connectivity index (χ0v) is 7.64. The second-order valence-electron chi connectivity index (χ2n) is 3.17. The van der Waals surface area contributed by atoms with Crippen LogP contribution in [0, 0.1) is 13.8 Å². The van der Waals surface area contributed by atoms with Gasteiger partial charge in [-0.1, -0.05) is 0 Å². The Kier molecular flexibility index (Phi) is 2.33. The van der Waals surface area contributed by atoms with E-state index >= 15 is 0 Å². The van der Waals surface area contributed by atoms with Crippen molar-refractivity contribution in [3.05, 3.63) is 33.2 Å². The van der Waals surface area contributed by atoms with Crippen LogP contribution in [-0.4, -0.2) is 4.98 Å². The van der Waals surface area contributed by atoms with Crippen LogP contribution in [0.25, 0.3) is 0 Å². The Hall–Kier alpha value is -1.09. The highest BCUT2D eigenvalue weighted by Gasteiger charge is 2.08. The molecule has 0 aromatic carbocycles. The Morgan fingerprint density at radius 1 is 1.50 bits per heavy atom. The van der Waals surface area contributed by atoms with E-state index in [0.29, 0.717) is 5.56 Å². The number of nitrogens with one attached hydrogen (secondary N) is 1. The van der Waals surface area contributed by atoms with Crippen LogP contribution in [-0.2, 0) is 0 Å². The van der Waals surface area contributed by atoms with Crippen LogP contribution in [0.3, 0.4) is 0 Å². The van der Waals surface area contributed by atoms with E-state index in [9.17, 15) is 4.79 Å². The zero-order valence-electron chi connectivity index (χ0n) is 7.64. The Morgan fingerprint density at radius 2 is 2.08 bits per heavy atom. The lowest BCUT2D eigenvalue weighted by molar-refractivity contribution is 0.788. The molecule has 0 spiro atoms. The molecule has 12 heavy (non-hydrogen) atoms. The number of aromatic nitrogens is 1. The maximum Gasteiger partial charge on any atom is 0.253 e. The Labute approximate surface area is 71.6 Å². The fraction of sp³-hybridized carbons (Fsp3) is 0.444. The van der Waals surface area contributed by atoms with E-state index in [2.05, 4.69) is 4.98 Å². The van der Waals surface area contributed by atoms with Gasteiger partial charge < -0.3 is 10.7 Å². The van der Waals surface area contributed by atoms with E-state index in [1.54, 1.807) is 0 Å². The van der Waals surface area contributed by atoms with Crippen LogP contribution in [0.2, 0.25) is 0 Å². The third-order valence-electron chi connectivity index (χ3n) is 1.87. The van der Waals surface area contributed by atoms with Crippen molar-refractivity contribution < 1.29 is 0 Å². The summed E-state index contributed by atoms with van der Waals surface area (Å²) in [5, 5.41) is 0. The van der Waals surface area contributed by atoms with Crippen molar-refractivity contribution in [3.8, 4) is 0 Å². The van der Waals surface area contributed by atoms with Gasteiger partial charge in [0, 0.05) is 17.3 Å². The summed E-state index contributed by atoms with van der Waals surface area (Å²) in [5.41, 5.74) is 8.10. The molecule has 0 amide bonds. The number of aromatic amines is 1. The molecule has 0 unspecified atom stereocenters. The molecule has 0 saturated carbocycles. The standard InChI is InChI=1S/C9H14N2O/c1-5-4-6(2)11-9(12)8(5)7(3)10/h4,7H,10H2,1-3H3,(H,11,12)/t7-/m1/s1. The normalized spacial score (nSPS) is 13.0. The molecular formula is C9H14N2O. The Balaban J connectivity index is 3.39. The number of pyridine rings is 1. The van der Waals surface area contributed by atoms with E-state index in [-0.39, 0.29) is 11.6 Å². The quantitative estimate of drug-likeness (QED) is 0.654. The summed E-state index contributed by atoms with van der Waals surface area (Å²) in [6.45, 7) is 5.58. The SMILES string of the molecule is Cc1cc(C)c([C@@H](C)N)c(=O)[nH]1. The lowest BCUT2D eigenvalue weighted by Crippen LogP contribution is -2.21. The minimum atomic E-state index is -0.200. The Morgan fingerprint density at radius 3 is 2.50 bits per heavy atom. The third kappa shape index (κ3) is 1.56. The zero-order chi connectivity index (χ0) is 9.30. The summed E-state index contributed by atoms with van der Waals surface area (Å²) in [4.78, 5) is 14.1. The summed E-state index contributed by atoms with van der Waals surface area (Å²) >= 11 is 0. The first kappa shape index (κ1) is 9.00. The summed E-state index contributed by atoms with van der Waals surface area (Å²) in [5.74, 6) is 0. The first-order valence-electron chi connectivity index (χ1n) is 3.98. The van der Waals surface area contributed by atoms with Crippen molar-refractivity contribution in [1.29, 1.82) is 0 Å². The smallest absolute Gasteiger partial charge is 0.253 e. The molecule has 0 saturated heterocycles. The van der Waals surface area contributed by atoms with Crippen LogP contribution in [0.5, 0.6) is 0 Å². The number of H-pyrrole nitrogens is 1. The van der Waals surface area contributed by atoms with Gasteiger partial charge in [0.15, 0.2) is 0 Å². The number of rotatable bonds is 1. The van der Waals surface area contributed by atoms with Crippen molar-refractivity contribution in [2.45, 2.75) is 26.8 Å². The highest BCUT2D eigenvalue weighted by Crippen LogP contribution is 2.09. The van der Waals surface area contributed by atoms with Gasteiger partial charge in [-0.3, -0.25) is 4.79 Å². The lowest BCUT2D eigenvalue weighted by Gasteiger charge is -2.08. The first-order valence-corrected chi connectivity index (χ1v) is 3.98. The summed E-state index contributed by atoms with van der Waals surface area (Å²) in [6.07, 6.45) is 0. The number of aryl methyl sites for hydroxylation is 2. The fourth-order valence-corrected chi connectivity index (χ4v) is 1.43. The average molecular weight is 166 g/mol. The van der Waals surface area contributed by atoms with Crippen LogP contribution in [0.4, 0.5) is 0 Å². The summed E-state index contributed by atoms with van der Waals surface area (Å²) in [6, 6.07) is 1.73. The van der Waals surface area contributed by atoms with Crippen molar-refractivity contribution in [1.82, 2.24) is 4.98 Å². The van der Waals surface area contributed by atoms with Crippen LogP contribution >= 0.6 is 0 Å². The van der Waals surface area contributed by atoms with Gasteiger partial charge in [0.2, 0.25) is 0 Å². The molecule has 1 heterocycles. The van der Waals surface area contributed by atoms with E-state index < -0.39 is 0 Å². The molecule has 3 heteroatoms. The molecule has 1 aromatic rings. The van der Waals surface area contributed by atoms with Crippen molar-refractivity contribution in [2.24, 2.45) is 5.73 Å². The molecule has 1 atom stereocenters. The maximum absolute atomic E-state index is 11.4. The number of nitrogens with two attached hydrogens (primary N) is 1. The van der Waals surface area contributed by atoms with Crippen LogP contribution < -0.4 is 11.3 Å². The molecule has 0 bridgehead atoms. The molecule has 0 aliphatic rings. The van der Waals surface area contributed by atoms with E-state index in [1.165, 1.54) is 0 Å². The van der Waals surface area contributed by atoms with Gasteiger partial charge in [-0.25, -0.2) is 0 Å². The largest absolute Gasteiger partial charge is 0.326 e. The topological polar surface area (TPSA) is 58.9 Å². The van der Waals surface area contributed by atoms with E-state index in [4.69, 9.17) is 5.73 Å². The highest BCUT2D eigenvalue weighted by molar-refractivity contribution is 5.27.